The van der Waals surface area contributed by atoms with Crippen molar-refractivity contribution in [3.63, 3.8) is 0 Å². The van der Waals surface area contributed by atoms with Gasteiger partial charge in [0, 0.05) is 30.3 Å². The van der Waals surface area contributed by atoms with Crippen molar-refractivity contribution in [1.82, 2.24) is 9.97 Å². The van der Waals surface area contributed by atoms with Crippen molar-refractivity contribution in [2.75, 3.05) is 12.8 Å². The predicted octanol–water partition coefficient (Wildman–Crippen LogP) is 0.451. The number of aryl methyl sites for hydroxylation is 1. The van der Waals surface area contributed by atoms with E-state index in [0.29, 0.717) is 19.4 Å². The second-order valence-electron chi connectivity index (χ2n) is 2.97. The van der Waals surface area contributed by atoms with Gasteiger partial charge >= 0.3 is 0 Å². The highest BCUT2D eigenvalue weighted by Gasteiger charge is 2.03. The van der Waals surface area contributed by atoms with E-state index < -0.39 is 6.10 Å². The Bertz CT molecular complexity index is 265. The van der Waals surface area contributed by atoms with Crippen LogP contribution in [0.25, 0.3) is 0 Å². The lowest BCUT2D eigenvalue weighted by atomic mass is 10.2. The van der Waals surface area contributed by atoms with E-state index in [1.54, 1.807) is 24.2 Å². The van der Waals surface area contributed by atoms with Gasteiger partial charge in [0.25, 0.3) is 0 Å². The molecule has 1 rings (SSSR count). The molecular weight excluding hydrogens is 198 g/mol. The lowest BCUT2D eigenvalue weighted by Gasteiger charge is -2.05. The van der Waals surface area contributed by atoms with Gasteiger partial charge in [-0.2, -0.15) is 0 Å². The third kappa shape index (κ3) is 3.61. The molecule has 0 aliphatic carbocycles. The van der Waals surface area contributed by atoms with Gasteiger partial charge in [-0.3, -0.25) is 0 Å². The fourth-order valence-corrected chi connectivity index (χ4v) is 1.31. The Kier molecular flexibility index (Phi) is 4.86. The van der Waals surface area contributed by atoms with Crippen molar-refractivity contribution in [3.05, 3.63) is 18.2 Å². The van der Waals surface area contributed by atoms with Crippen molar-refractivity contribution < 1.29 is 5.11 Å². The molecule has 1 aromatic rings. The average molecular weight is 213 g/mol. The summed E-state index contributed by atoms with van der Waals surface area (Å²) in [5.41, 5.74) is 5.29. The van der Waals surface area contributed by atoms with Crippen LogP contribution in [0, 0.1) is 0 Å². The lowest BCUT2D eigenvalue weighted by Crippen LogP contribution is -2.20. The molecule has 0 radical (unpaired) electrons. The van der Waals surface area contributed by atoms with Gasteiger partial charge in [-0.15, -0.1) is 11.8 Å². The summed E-state index contributed by atoms with van der Waals surface area (Å²) in [6, 6.07) is 0. The van der Waals surface area contributed by atoms with E-state index in [-0.39, 0.29) is 0 Å². The number of hydrogen-bond acceptors (Lipinski definition) is 5. The number of aromatic nitrogens is 2. The maximum Gasteiger partial charge on any atom is 0.128 e. The van der Waals surface area contributed by atoms with Crippen molar-refractivity contribution in [1.29, 1.82) is 0 Å². The molecule has 0 saturated heterocycles. The SMILES string of the molecule is CSc1cnc(CC[C@H](O)CN)nc1. The van der Waals surface area contributed by atoms with Gasteiger partial charge in [0.15, 0.2) is 0 Å². The van der Waals surface area contributed by atoms with Crippen LogP contribution in [0.2, 0.25) is 0 Å². The highest BCUT2D eigenvalue weighted by molar-refractivity contribution is 7.98. The van der Waals surface area contributed by atoms with Crippen LogP contribution in [-0.2, 0) is 6.42 Å². The van der Waals surface area contributed by atoms with Crippen LogP contribution in [0.4, 0.5) is 0 Å². The van der Waals surface area contributed by atoms with Gasteiger partial charge in [-0.05, 0) is 12.7 Å². The molecule has 0 aliphatic heterocycles. The zero-order valence-electron chi connectivity index (χ0n) is 8.18. The van der Waals surface area contributed by atoms with E-state index in [0.717, 1.165) is 10.7 Å². The number of nitrogens with zero attached hydrogens (tertiary/aromatic N) is 2. The number of nitrogens with two attached hydrogens (primary N) is 1. The summed E-state index contributed by atoms with van der Waals surface area (Å²) in [5, 5.41) is 9.24. The Morgan fingerprint density at radius 1 is 1.50 bits per heavy atom. The Hall–Kier alpha value is -0.650. The number of rotatable bonds is 5. The Balaban J connectivity index is 2.43. The molecule has 3 N–H and O–H groups in total. The third-order valence-corrected chi connectivity index (χ3v) is 2.57. The minimum Gasteiger partial charge on any atom is -0.392 e. The maximum atomic E-state index is 9.24. The number of hydrogen-bond donors (Lipinski definition) is 2. The number of thioether (sulfide) groups is 1. The quantitative estimate of drug-likeness (QED) is 0.695. The molecule has 0 unspecified atom stereocenters. The summed E-state index contributed by atoms with van der Waals surface area (Å²) in [6.45, 7) is 0.295. The van der Waals surface area contributed by atoms with Crippen molar-refractivity contribution >= 4 is 11.8 Å². The topological polar surface area (TPSA) is 72.0 Å². The normalized spacial score (nSPS) is 12.8. The first-order chi connectivity index (χ1) is 6.76. The first-order valence-corrected chi connectivity index (χ1v) is 5.71. The molecule has 0 fully saturated rings. The van der Waals surface area contributed by atoms with Crippen molar-refractivity contribution in [3.8, 4) is 0 Å². The van der Waals surface area contributed by atoms with Crippen LogP contribution in [0.5, 0.6) is 0 Å². The van der Waals surface area contributed by atoms with Crippen LogP contribution < -0.4 is 5.73 Å². The van der Waals surface area contributed by atoms with Crippen LogP contribution in [0.1, 0.15) is 12.2 Å². The van der Waals surface area contributed by atoms with Crippen LogP contribution in [-0.4, -0.2) is 34.0 Å². The molecule has 0 aliphatic rings. The maximum absolute atomic E-state index is 9.24. The lowest BCUT2D eigenvalue weighted by molar-refractivity contribution is 0.172. The number of aliphatic hydroxyl groups is 1. The van der Waals surface area contributed by atoms with Gasteiger partial charge in [-0.1, -0.05) is 0 Å². The molecule has 0 aromatic carbocycles. The Labute approximate surface area is 88.0 Å². The molecule has 5 heteroatoms. The molecule has 0 saturated carbocycles. The van der Waals surface area contributed by atoms with E-state index in [1.165, 1.54) is 0 Å². The summed E-state index contributed by atoms with van der Waals surface area (Å²) in [4.78, 5) is 9.39. The first-order valence-electron chi connectivity index (χ1n) is 4.49. The molecule has 1 heterocycles. The Morgan fingerprint density at radius 2 is 2.14 bits per heavy atom. The summed E-state index contributed by atoms with van der Waals surface area (Å²) < 4.78 is 0. The fourth-order valence-electron chi connectivity index (χ4n) is 0.991. The smallest absolute Gasteiger partial charge is 0.128 e. The van der Waals surface area contributed by atoms with Gasteiger partial charge in [0.05, 0.1) is 6.10 Å². The van der Waals surface area contributed by atoms with Crippen molar-refractivity contribution in [2.45, 2.75) is 23.8 Å². The van der Waals surface area contributed by atoms with Crippen LogP contribution >= 0.6 is 11.8 Å². The third-order valence-electron chi connectivity index (χ3n) is 1.89. The van der Waals surface area contributed by atoms with E-state index in [2.05, 4.69) is 9.97 Å². The molecule has 1 aromatic heterocycles. The first kappa shape index (κ1) is 11.4. The summed E-state index contributed by atoms with van der Waals surface area (Å²) in [6.07, 6.45) is 6.42. The molecule has 78 valence electrons. The molecule has 0 bridgehead atoms. The fraction of sp³-hybridized carbons (Fsp3) is 0.556. The van der Waals surface area contributed by atoms with Crippen LogP contribution in [0.15, 0.2) is 17.3 Å². The van der Waals surface area contributed by atoms with Crippen LogP contribution in [0.3, 0.4) is 0 Å². The summed E-state index contributed by atoms with van der Waals surface area (Å²) >= 11 is 1.61. The molecule has 14 heavy (non-hydrogen) atoms. The zero-order valence-corrected chi connectivity index (χ0v) is 9.00. The van der Waals surface area contributed by atoms with Gasteiger partial charge in [-0.25, -0.2) is 9.97 Å². The average Bonchev–Trinajstić information content (AvgIpc) is 2.26. The minimum atomic E-state index is -0.446. The second kappa shape index (κ2) is 5.95. The molecule has 4 nitrogen and oxygen atoms in total. The van der Waals surface area contributed by atoms with E-state index in [9.17, 15) is 5.11 Å². The second-order valence-corrected chi connectivity index (χ2v) is 3.85. The van der Waals surface area contributed by atoms with E-state index in [4.69, 9.17) is 5.73 Å². The van der Waals surface area contributed by atoms with E-state index >= 15 is 0 Å². The van der Waals surface area contributed by atoms with E-state index in [1.807, 2.05) is 6.26 Å². The molecular formula is C9H15N3OS. The summed E-state index contributed by atoms with van der Waals surface area (Å²) in [7, 11) is 0. The molecule has 0 amide bonds. The monoisotopic (exact) mass is 213 g/mol. The standard InChI is InChI=1S/C9H15N3OS/c1-14-8-5-11-9(12-6-8)3-2-7(13)4-10/h5-7,13H,2-4,10H2,1H3/t7-/m0/s1. The highest BCUT2D eigenvalue weighted by Crippen LogP contribution is 2.11. The van der Waals surface area contributed by atoms with Gasteiger partial charge in [0.1, 0.15) is 5.82 Å². The zero-order chi connectivity index (χ0) is 10.4. The van der Waals surface area contributed by atoms with Gasteiger partial charge in [0.2, 0.25) is 0 Å². The minimum absolute atomic E-state index is 0.295. The predicted molar refractivity (Wildman–Crippen MR) is 57.2 cm³/mol. The largest absolute Gasteiger partial charge is 0.392 e. The number of aliphatic hydroxyl groups excluding tert-OH is 1. The molecule has 0 spiro atoms. The summed E-state index contributed by atoms with van der Waals surface area (Å²) in [5.74, 6) is 0.760. The Morgan fingerprint density at radius 3 is 2.64 bits per heavy atom. The highest BCUT2D eigenvalue weighted by atomic mass is 32.2. The molecule has 1 atom stereocenters. The van der Waals surface area contributed by atoms with Gasteiger partial charge < -0.3 is 10.8 Å². The van der Waals surface area contributed by atoms with Crippen molar-refractivity contribution in [2.24, 2.45) is 5.73 Å².